The Morgan fingerprint density at radius 3 is 1.39 bits per heavy atom. The highest BCUT2D eigenvalue weighted by Gasteiger charge is 2.43. The van der Waals surface area contributed by atoms with Crippen LogP contribution in [0.15, 0.2) is 73.1 Å². The molecule has 8 rings (SSSR count). The van der Waals surface area contributed by atoms with Gasteiger partial charge in [-0.05, 0) is 84.0 Å². The number of amides is 2. The van der Waals surface area contributed by atoms with E-state index >= 15 is 0 Å². The smallest absolute Gasteiger partial charge is 0.228 e. The van der Waals surface area contributed by atoms with E-state index in [1.165, 1.54) is 0 Å². The minimum atomic E-state index is -0.128. The fourth-order valence-corrected chi connectivity index (χ4v) is 7.67. The number of nitrogens with two attached hydrogens (primary N) is 2. The van der Waals surface area contributed by atoms with E-state index in [9.17, 15) is 9.59 Å². The number of nitriles is 2. The molecule has 280 valence electrons. The van der Waals surface area contributed by atoms with Crippen molar-refractivity contribution in [2.75, 3.05) is 22.1 Å². The molecule has 0 radical (unpaired) electrons. The molecule has 6 N–H and O–H groups in total. The van der Waals surface area contributed by atoms with Crippen LogP contribution in [0.4, 0.5) is 23.3 Å². The van der Waals surface area contributed by atoms with Gasteiger partial charge >= 0.3 is 0 Å². The molecule has 0 bridgehead atoms. The number of hydrogen-bond donors (Lipinski definition) is 4. The molecule has 2 fully saturated rings. The highest BCUT2D eigenvalue weighted by molar-refractivity contribution is 6.39. The van der Waals surface area contributed by atoms with Crippen LogP contribution >= 0.6 is 46.4 Å². The molecule has 1 unspecified atom stereocenters. The number of nitrogen functional groups attached to an aromatic ring is 2. The lowest BCUT2D eigenvalue weighted by atomic mass is 10.1. The second-order valence-electron chi connectivity index (χ2n) is 13.5. The first-order chi connectivity index (χ1) is 26.9. The van der Waals surface area contributed by atoms with Gasteiger partial charge in [0.25, 0.3) is 0 Å². The van der Waals surface area contributed by atoms with E-state index in [1.807, 2.05) is 12.1 Å². The summed E-state index contributed by atoms with van der Waals surface area (Å²) in [5, 5.41) is 27.8. The lowest BCUT2D eigenvalue weighted by molar-refractivity contribution is -0.118. The molecule has 16 heteroatoms. The Morgan fingerprint density at radius 2 is 1.04 bits per heavy atom. The first-order valence-electron chi connectivity index (χ1n) is 17.3. The molecule has 2 amide bonds. The normalized spacial score (nSPS) is 17.9. The Labute approximate surface area is 340 Å². The van der Waals surface area contributed by atoms with E-state index < -0.39 is 0 Å². The van der Waals surface area contributed by atoms with Gasteiger partial charge in [-0.25, -0.2) is 19.9 Å². The molecule has 56 heavy (non-hydrogen) atoms. The van der Waals surface area contributed by atoms with E-state index in [0.29, 0.717) is 89.5 Å². The number of anilines is 4. The first-order valence-corrected chi connectivity index (χ1v) is 18.8. The minimum Gasteiger partial charge on any atom is -0.383 e. The van der Waals surface area contributed by atoms with Crippen LogP contribution in [0.3, 0.4) is 0 Å². The van der Waals surface area contributed by atoms with Crippen molar-refractivity contribution in [2.45, 2.75) is 25.7 Å². The van der Waals surface area contributed by atoms with E-state index in [-0.39, 0.29) is 35.5 Å². The number of benzene rings is 2. The predicted molar refractivity (Wildman–Crippen MR) is 220 cm³/mol. The van der Waals surface area contributed by atoms with E-state index in [0.717, 1.165) is 23.6 Å². The SMILES string of the molecule is N#CC[C@@H]1CC1C(=O)Nc1cc2cc(-c3c(Cl)cccc3Cl)nc(N)c2cn1.N#CC[C@H]1C[C@@H]1C(=O)Nc1cc2cc(-c3c(Cl)cccc3Cl)nc(N)c2cn1. The second kappa shape index (κ2) is 16.1. The van der Waals surface area contributed by atoms with Gasteiger partial charge in [0.1, 0.15) is 23.3 Å². The zero-order chi connectivity index (χ0) is 39.7. The van der Waals surface area contributed by atoms with Crippen molar-refractivity contribution in [2.24, 2.45) is 23.7 Å². The minimum absolute atomic E-state index is 0.122. The Bertz CT molecular complexity index is 2420. The number of halogens is 4. The van der Waals surface area contributed by atoms with E-state index in [1.54, 1.807) is 60.9 Å². The summed E-state index contributed by atoms with van der Waals surface area (Å²) in [6, 6.07) is 21.7. The fourth-order valence-electron chi connectivity index (χ4n) is 6.49. The maximum atomic E-state index is 12.3. The summed E-state index contributed by atoms with van der Waals surface area (Å²) in [6.45, 7) is 0. The van der Waals surface area contributed by atoms with Gasteiger partial charge in [-0.1, -0.05) is 58.5 Å². The third-order valence-electron chi connectivity index (χ3n) is 9.66. The van der Waals surface area contributed by atoms with Crippen LogP contribution in [-0.2, 0) is 9.59 Å². The molecule has 4 heterocycles. The Balaban J connectivity index is 0.000000172. The lowest BCUT2D eigenvalue weighted by Crippen LogP contribution is -2.15. The number of rotatable bonds is 8. The second-order valence-corrected chi connectivity index (χ2v) is 15.1. The third kappa shape index (κ3) is 8.25. The first kappa shape index (κ1) is 38.5. The third-order valence-corrected chi connectivity index (χ3v) is 10.9. The summed E-state index contributed by atoms with van der Waals surface area (Å²) in [5.41, 5.74) is 14.5. The number of nitrogens with one attached hydrogen (secondary N) is 2. The number of hydrogen-bond acceptors (Lipinski definition) is 10. The maximum Gasteiger partial charge on any atom is 0.228 e. The van der Waals surface area contributed by atoms with Crippen molar-refractivity contribution < 1.29 is 9.59 Å². The van der Waals surface area contributed by atoms with Crippen LogP contribution in [0, 0.1) is 46.3 Å². The van der Waals surface area contributed by atoms with Crippen molar-refractivity contribution in [1.82, 2.24) is 19.9 Å². The summed E-state index contributed by atoms with van der Waals surface area (Å²) >= 11 is 25.2. The van der Waals surface area contributed by atoms with Crippen molar-refractivity contribution in [3.8, 4) is 34.7 Å². The van der Waals surface area contributed by atoms with Gasteiger partial charge in [0.2, 0.25) is 11.8 Å². The maximum absolute atomic E-state index is 12.3. The summed E-state index contributed by atoms with van der Waals surface area (Å²) in [4.78, 5) is 41.9. The zero-order valence-corrected chi connectivity index (χ0v) is 32.3. The van der Waals surface area contributed by atoms with Gasteiger partial charge in [0.15, 0.2) is 0 Å². The van der Waals surface area contributed by atoms with Crippen molar-refractivity contribution >= 4 is 103 Å². The number of aromatic nitrogens is 4. The standard InChI is InChI=1S/2C20H15Cl2N5O/c2*21-14-2-1-3-15(22)18(14)16-7-11-8-17(25-9-13(11)19(24)26-16)27-20(28)12-6-10(12)4-5-23/h2*1-3,7-10,12H,4,6H2,(H2,24,26)(H,25,27,28)/t10-,12?;10-,12-/m10/s1. The molecular weight excluding hydrogens is 794 g/mol. The van der Waals surface area contributed by atoms with Crippen LogP contribution in [0.1, 0.15) is 25.7 Å². The highest BCUT2D eigenvalue weighted by atomic mass is 35.5. The number of fused-ring (bicyclic) bond motifs is 2. The summed E-state index contributed by atoms with van der Waals surface area (Å²) in [6.07, 6.45) is 5.41. The van der Waals surface area contributed by atoms with E-state index in [4.69, 9.17) is 68.4 Å². The molecule has 2 aliphatic rings. The summed E-state index contributed by atoms with van der Waals surface area (Å²) in [7, 11) is 0. The number of carbonyl (C=O) groups excluding carboxylic acids is 2. The van der Waals surface area contributed by atoms with Crippen LogP contribution in [-0.4, -0.2) is 31.8 Å². The van der Waals surface area contributed by atoms with Gasteiger partial charge in [0.05, 0.1) is 43.6 Å². The molecule has 6 aromatic rings. The number of pyridine rings is 4. The molecule has 4 atom stereocenters. The average Bonchev–Trinajstić information content (AvgIpc) is 4.09. The topological polar surface area (TPSA) is 209 Å². The zero-order valence-electron chi connectivity index (χ0n) is 29.2. The molecular formula is C40H30Cl4N10O2. The average molecular weight is 825 g/mol. The molecule has 0 spiro atoms. The molecule has 0 saturated heterocycles. The summed E-state index contributed by atoms with van der Waals surface area (Å²) < 4.78 is 0. The van der Waals surface area contributed by atoms with Crippen LogP contribution in [0.2, 0.25) is 20.1 Å². The number of nitrogens with zero attached hydrogens (tertiary/aromatic N) is 6. The van der Waals surface area contributed by atoms with Crippen LogP contribution < -0.4 is 22.1 Å². The van der Waals surface area contributed by atoms with Gasteiger partial charge in [-0.15, -0.1) is 0 Å². The van der Waals surface area contributed by atoms with Crippen molar-refractivity contribution in [1.29, 1.82) is 10.5 Å². The highest BCUT2D eigenvalue weighted by Crippen LogP contribution is 2.43. The van der Waals surface area contributed by atoms with Crippen molar-refractivity contribution in [3.63, 3.8) is 0 Å². The summed E-state index contributed by atoms with van der Waals surface area (Å²) in [5.74, 6) is 1.21. The van der Waals surface area contributed by atoms with Gasteiger partial charge in [0, 0.05) is 59.0 Å². The molecule has 2 saturated carbocycles. The van der Waals surface area contributed by atoms with Crippen LogP contribution in [0.25, 0.3) is 44.1 Å². The van der Waals surface area contributed by atoms with Crippen LogP contribution in [0.5, 0.6) is 0 Å². The molecule has 4 aromatic heterocycles. The Morgan fingerprint density at radius 1 is 0.661 bits per heavy atom. The Kier molecular flexibility index (Phi) is 11.1. The molecule has 2 aromatic carbocycles. The van der Waals surface area contributed by atoms with E-state index in [2.05, 4.69) is 42.7 Å². The molecule has 0 aliphatic heterocycles. The largest absolute Gasteiger partial charge is 0.383 e. The Hall–Kier alpha value is -5.76. The lowest BCUT2D eigenvalue weighted by Gasteiger charge is -2.11. The number of carbonyl (C=O) groups is 2. The fraction of sp³-hybridized carbons (Fsp3) is 0.200. The predicted octanol–water partition coefficient (Wildman–Crippen LogP) is 9.35. The van der Waals surface area contributed by atoms with Gasteiger partial charge < -0.3 is 22.1 Å². The molecule has 2 aliphatic carbocycles. The monoisotopic (exact) mass is 822 g/mol. The molecule has 12 nitrogen and oxygen atoms in total. The van der Waals surface area contributed by atoms with Crippen molar-refractivity contribution in [3.05, 3.63) is 93.1 Å². The quantitative estimate of drug-likeness (QED) is 0.114. The van der Waals surface area contributed by atoms with Gasteiger partial charge in [-0.3, -0.25) is 9.59 Å². The van der Waals surface area contributed by atoms with Gasteiger partial charge in [-0.2, -0.15) is 10.5 Å².